The number of hydrogen-bond acceptors (Lipinski definition) is 4. The average molecular weight is 557 g/mol. The van der Waals surface area contributed by atoms with E-state index in [-0.39, 0.29) is 43.3 Å². The van der Waals surface area contributed by atoms with E-state index in [0.717, 1.165) is 39.1 Å². The Morgan fingerprint density at radius 3 is 2.20 bits per heavy atom. The molecule has 0 radical (unpaired) electrons. The summed E-state index contributed by atoms with van der Waals surface area (Å²) in [6.07, 6.45) is 4.92. The molecule has 0 bridgehead atoms. The summed E-state index contributed by atoms with van der Waals surface area (Å²) in [4.78, 5) is 27.7. The zero-order valence-corrected chi connectivity index (χ0v) is 24.3. The van der Waals surface area contributed by atoms with Gasteiger partial charge in [-0.05, 0) is 58.2 Å². The van der Waals surface area contributed by atoms with Gasteiger partial charge in [-0.15, -0.1) is 0 Å². The van der Waals surface area contributed by atoms with Crippen LogP contribution in [0.5, 0.6) is 0 Å². The number of benzene rings is 4. The SMILES string of the molecule is O=C(O)Cc1ccc(/C=C2\C(=O)Nc3cc(Cl)c(-c4ccc(-c5ccc(-n6cncn6)cc5)cc4)cc32)cc1.[H-].[Na+]. The van der Waals surface area contributed by atoms with Crippen LogP contribution in [0.3, 0.4) is 0 Å². The molecule has 1 aliphatic heterocycles. The summed E-state index contributed by atoms with van der Waals surface area (Å²) in [6, 6.07) is 27.0. The molecule has 1 aromatic heterocycles. The minimum absolute atomic E-state index is 0. The van der Waals surface area contributed by atoms with Crippen LogP contribution < -0.4 is 34.9 Å². The second-order valence-corrected chi connectivity index (χ2v) is 9.57. The quantitative estimate of drug-likeness (QED) is 0.246. The number of rotatable bonds is 6. The van der Waals surface area contributed by atoms with Gasteiger partial charge in [0.25, 0.3) is 5.91 Å². The van der Waals surface area contributed by atoms with E-state index in [9.17, 15) is 9.59 Å². The van der Waals surface area contributed by atoms with Crippen molar-refractivity contribution in [3.63, 3.8) is 0 Å². The fraction of sp³-hybridized carbons (Fsp3) is 0.0323. The Bertz CT molecular complexity index is 1740. The van der Waals surface area contributed by atoms with Crippen LogP contribution in [0.1, 0.15) is 18.1 Å². The van der Waals surface area contributed by atoms with Crippen LogP contribution in [0.2, 0.25) is 5.02 Å². The van der Waals surface area contributed by atoms with Crippen molar-refractivity contribution in [2.75, 3.05) is 5.32 Å². The predicted molar refractivity (Wildman–Crippen MR) is 153 cm³/mol. The van der Waals surface area contributed by atoms with Gasteiger partial charge < -0.3 is 11.8 Å². The Labute approximate surface area is 258 Å². The third-order valence-corrected chi connectivity index (χ3v) is 6.93. The van der Waals surface area contributed by atoms with Gasteiger partial charge in [-0.2, -0.15) is 5.10 Å². The van der Waals surface area contributed by atoms with E-state index in [0.29, 0.717) is 21.8 Å². The summed E-state index contributed by atoms with van der Waals surface area (Å²) in [5, 5.41) is 16.6. The summed E-state index contributed by atoms with van der Waals surface area (Å²) >= 11 is 6.65. The standard InChI is InChI=1S/C31H21ClN4O3.Na.H/c32-28-16-29-26(27(31(39)35-29)13-19-1-3-20(4-2-19)14-30(37)38)15-25(28)23-7-5-21(6-8-23)22-9-11-24(12-10-22)36-18-33-17-34-36;;/h1-13,15-18H,14H2,(H,35,39)(H,37,38);;/q;+1;-1/b27-13-;;. The number of nitrogens with zero attached hydrogens (tertiary/aromatic N) is 3. The first-order valence-corrected chi connectivity index (χ1v) is 12.6. The number of aliphatic carboxylic acids is 1. The molecule has 0 spiro atoms. The Kier molecular flexibility index (Phi) is 8.00. The molecule has 0 saturated carbocycles. The molecule has 1 amide bonds. The van der Waals surface area contributed by atoms with Crippen molar-refractivity contribution in [1.29, 1.82) is 0 Å². The first-order chi connectivity index (χ1) is 18.9. The molecule has 2 N–H and O–H groups in total. The Hall–Kier alpha value is -4.01. The number of nitrogens with one attached hydrogen (secondary N) is 1. The largest absolute Gasteiger partial charge is 1.00 e. The summed E-state index contributed by atoms with van der Waals surface area (Å²) in [7, 11) is 0. The van der Waals surface area contributed by atoms with Crippen molar-refractivity contribution in [1.82, 2.24) is 14.8 Å². The molecular weight excluding hydrogens is 535 g/mol. The molecule has 0 aliphatic carbocycles. The Morgan fingerprint density at radius 2 is 1.57 bits per heavy atom. The number of carbonyl (C=O) groups excluding carboxylic acids is 1. The molecule has 2 heterocycles. The van der Waals surface area contributed by atoms with E-state index in [1.165, 1.54) is 6.33 Å². The smallest absolute Gasteiger partial charge is 1.00 e. The van der Waals surface area contributed by atoms with Crippen molar-refractivity contribution < 1.29 is 45.7 Å². The number of anilines is 1. The molecule has 9 heteroatoms. The van der Waals surface area contributed by atoms with Gasteiger partial charge >= 0.3 is 35.5 Å². The molecule has 40 heavy (non-hydrogen) atoms. The number of aromatic nitrogens is 3. The zero-order chi connectivity index (χ0) is 26.9. The molecule has 0 atom stereocenters. The minimum atomic E-state index is -0.885. The van der Waals surface area contributed by atoms with E-state index in [4.69, 9.17) is 16.7 Å². The molecule has 0 fully saturated rings. The summed E-state index contributed by atoms with van der Waals surface area (Å²) < 4.78 is 1.71. The van der Waals surface area contributed by atoms with Gasteiger partial charge in [0, 0.05) is 16.7 Å². The van der Waals surface area contributed by atoms with Gasteiger partial charge in [0.2, 0.25) is 0 Å². The number of amides is 1. The van der Waals surface area contributed by atoms with E-state index in [1.807, 2.05) is 66.7 Å². The van der Waals surface area contributed by atoms with Gasteiger partial charge in [0.05, 0.1) is 22.8 Å². The van der Waals surface area contributed by atoms with Crippen LogP contribution in [-0.2, 0) is 16.0 Å². The van der Waals surface area contributed by atoms with Gasteiger partial charge in [0.15, 0.2) is 0 Å². The van der Waals surface area contributed by atoms with Crippen LogP contribution in [0, 0.1) is 0 Å². The van der Waals surface area contributed by atoms with Crippen molar-refractivity contribution in [2.45, 2.75) is 6.42 Å². The van der Waals surface area contributed by atoms with Crippen molar-refractivity contribution in [2.24, 2.45) is 0 Å². The van der Waals surface area contributed by atoms with Crippen molar-refractivity contribution in [3.8, 4) is 27.9 Å². The second kappa shape index (κ2) is 11.6. The molecule has 5 aromatic rings. The molecule has 1 aliphatic rings. The molecule has 0 saturated heterocycles. The number of carbonyl (C=O) groups is 2. The third kappa shape index (κ3) is 5.64. The topological polar surface area (TPSA) is 97.1 Å². The van der Waals surface area contributed by atoms with Gasteiger partial charge in [-0.1, -0.05) is 72.3 Å². The van der Waals surface area contributed by atoms with Crippen LogP contribution in [-0.4, -0.2) is 31.7 Å². The number of fused-ring (bicyclic) bond motifs is 1. The van der Waals surface area contributed by atoms with E-state index >= 15 is 0 Å². The third-order valence-electron chi connectivity index (χ3n) is 6.62. The fourth-order valence-electron chi connectivity index (χ4n) is 4.64. The zero-order valence-electron chi connectivity index (χ0n) is 22.5. The maximum absolute atomic E-state index is 12.8. The van der Waals surface area contributed by atoms with Crippen LogP contribution in [0.25, 0.3) is 39.6 Å². The van der Waals surface area contributed by atoms with Gasteiger partial charge in [-0.3, -0.25) is 9.59 Å². The van der Waals surface area contributed by atoms with Crippen LogP contribution >= 0.6 is 11.6 Å². The second-order valence-electron chi connectivity index (χ2n) is 9.17. The van der Waals surface area contributed by atoms with Gasteiger partial charge in [0.1, 0.15) is 12.7 Å². The molecule has 6 rings (SSSR count). The molecule has 7 nitrogen and oxygen atoms in total. The number of carboxylic acids is 1. The number of hydrogen-bond donors (Lipinski definition) is 2. The van der Waals surface area contributed by atoms with Crippen LogP contribution in [0.15, 0.2) is 97.6 Å². The summed E-state index contributed by atoms with van der Waals surface area (Å²) in [6.45, 7) is 0. The Morgan fingerprint density at radius 1 is 0.925 bits per heavy atom. The van der Waals surface area contributed by atoms with Crippen molar-refractivity contribution >= 4 is 40.8 Å². The molecule has 4 aromatic carbocycles. The van der Waals surface area contributed by atoms with Gasteiger partial charge in [-0.25, -0.2) is 9.67 Å². The van der Waals surface area contributed by atoms with E-state index < -0.39 is 5.97 Å². The van der Waals surface area contributed by atoms with Crippen LogP contribution in [0.4, 0.5) is 5.69 Å². The first kappa shape index (κ1) is 27.6. The fourth-order valence-corrected chi connectivity index (χ4v) is 4.91. The number of halogens is 1. The van der Waals surface area contributed by atoms with E-state index in [1.54, 1.807) is 35.3 Å². The first-order valence-electron chi connectivity index (χ1n) is 12.2. The summed E-state index contributed by atoms with van der Waals surface area (Å²) in [5.41, 5.74) is 8.27. The summed E-state index contributed by atoms with van der Waals surface area (Å²) in [5.74, 6) is -1.10. The van der Waals surface area contributed by atoms with Crippen molar-refractivity contribution in [3.05, 3.63) is 119 Å². The predicted octanol–water partition coefficient (Wildman–Crippen LogP) is 3.49. The van der Waals surface area contributed by atoms with E-state index in [2.05, 4.69) is 15.4 Å². The average Bonchev–Trinajstić information content (AvgIpc) is 3.58. The molecular formula is C31H22ClN4NaO3. The Balaban J connectivity index is 0.00000194. The monoisotopic (exact) mass is 556 g/mol. The molecule has 0 unspecified atom stereocenters. The number of carboxylic acid groups (broad SMARTS) is 1. The maximum Gasteiger partial charge on any atom is 1.00 e. The minimum Gasteiger partial charge on any atom is -1.00 e. The maximum atomic E-state index is 12.8. The molecule has 192 valence electrons. The normalized spacial score (nSPS) is 13.0.